The van der Waals surface area contributed by atoms with E-state index in [-0.39, 0.29) is 39.4 Å². The third-order valence-electron chi connectivity index (χ3n) is 4.62. The van der Waals surface area contributed by atoms with E-state index >= 15 is 0 Å². The maximum Gasteiger partial charge on any atom is 0.261 e. The molecule has 0 spiro atoms. The summed E-state index contributed by atoms with van der Waals surface area (Å²) in [4.78, 5) is 43.7. The first-order valence-electron chi connectivity index (χ1n) is 8.95. The summed E-state index contributed by atoms with van der Waals surface area (Å²) < 4.78 is 29.7. The van der Waals surface area contributed by atoms with Gasteiger partial charge in [-0.2, -0.15) is 0 Å². The lowest BCUT2D eigenvalue weighted by atomic mass is 10.1. The van der Waals surface area contributed by atoms with Gasteiger partial charge in [0.25, 0.3) is 5.91 Å². The third-order valence-corrected chi connectivity index (χ3v) is 4.92. The van der Waals surface area contributed by atoms with E-state index < -0.39 is 28.5 Å². The highest BCUT2D eigenvalue weighted by atomic mass is 35.5. The number of nitrogens with zero attached hydrogens (tertiary/aromatic N) is 2. The summed E-state index contributed by atoms with van der Waals surface area (Å²) in [6, 6.07) is 7.39. The summed E-state index contributed by atoms with van der Waals surface area (Å²) in [5.74, 6) is -2.39. The number of H-pyrrole nitrogens is 1. The van der Waals surface area contributed by atoms with Gasteiger partial charge in [-0.25, -0.2) is 8.78 Å². The van der Waals surface area contributed by atoms with Crippen molar-refractivity contribution in [3.05, 3.63) is 103 Å². The molecule has 3 aromatic heterocycles. The molecule has 3 heterocycles. The molecule has 1 amide bonds. The van der Waals surface area contributed by atoms with Gasteiger partial charge in [-0.05, 0) is 24.3 Å². The molecular weight excluding hydrogens is 430 g/mol. The van der Waals surface area contributed by atoms with Crippen LogP contribution in [0.25, 0.3) is 11.0 Å². The quantitative estimate of drug-likeness (QED) is 0.506. The molecule has 0 fully saturated rings. The first kappa shape index (κ1) is 20.4. The Hall–Kier alpha value is -3.85. The lowest BCUT2D eigenvalue weighted by Crippen LogP contribution is -2.26. The van der Waals surface area contributed by atoms with Crippen molar-refractivity contribution in [3.63, 3.8) is 0 Å². The summed E-state index contributed by atoms with van der Waals surface area (Å²) >= 11 is 5.99. The molecular formula is C21H13ClF2N4O3. The first-order valence-corrected chi connectivity index (χ1v) is 9.33. The normalized spacial score (nSPS) is 10.9. The van der Waals surface area contributed by atoms with Gasteiger partial charge in [0, 0.05) is 30.2 Å². The predicted molar refractivity (Wildman–Crippen MR) is 111 cm³/mol. The van der Waals surface area contributed by atoms with E-state index in [1.165, 1.54) is 47.4 Å². The minimum absolute atomic E-state index is 0.152. The number of aromatic nitrogens is 3. The van der Waals surface area contributed by atoms with Crippen LogP contribution in [0.4, 0.5) is 14.5 Å². The van der Waals surface area contributed by atoms with Gasteiger partial charge in [-0.15, -0.1) is 0 Å². The molecule has 0 bridgehead atoms. The van der Waals surface area contributed by atoms with E-state index in [1.807, 2.05) is 0 Å². The topological polar surface area (TPSA) is 96.8 Å². The van der Waals surface area contributed by atoms with Gasteiger partial charge in [0.05, 0.1) is 22.8 Å². The molecule has 4 aromatic rings. The molecule has 1 aromatic carbocycles. The van der Waals surface area contributed by atoms with Crippen molar-refractivity contribution >= 4 is 34.2 Å². The van der Waals surface area contributed by atoms with Crippen LogP contribution in [0.15, 0.2) is 64.6 Å². The highest BCUT2D eigenvalue weighted by Crippen LogP contribution is 2.21. The summed E-state index contributed by atoms with van der Waals surface area (Å²) in [7, 11) is 0. The van der Waals surface area contributed by atoms with Crippen LogP contribution in [0.1, 0.15) is 15.9 Å². The number of hydrogen-bond acceptors (Lipinski definition) is 4. The monoisotopic (exact) mass is 442 g/mol. The molecule has 2 N–H and O–H groups in total. The van der Waals surface area contributed by atoms with Crippen LogP contribution in [0.2, 0.25) is 5.02 Å². The zero-order valence-electron chi connectivity index (χ0n) is 15.7. The minimum Gasteiger partial charge on any atom is -0.341 e. The highest BCUT2D eigenvalue weighted by molar-refractivity contribution is 6.33. The van der Waals surface area contributed by atoms with Gasteiger partial charge in [0.2, 0.25) is 11.0 Å². The molecule has 0 aliphatic rings. The van der Waals surface area contributed by atoms with Crippen LogP contribution in [-0.4, -0.2) is 20.4 Å². The molecule has 0 aliphatic heterocycles. The van der Waals surface area contributed by atoms with Crippen molar-refractivity contribution in [2.24, 2.45) is 0 Å². The Morgan fingerprint density at radius 2 is 1.87 bits per heavy atom. The van der Waals surface area contributed by atoms with E-state index in [2.05, 4.69) is 15.3 Å². The maximum absolute atomic E-state index is 14.2. The van der Waals surface area contributed by atoms with Crippen LogP contribution in [0, 0.1) is 11.6 Å². The van der Waals surface area contributed by atoms with Crippen molar-refractivity contribution < 1.29 is 13.6 Å². The van der Waals surface area contributed by atoms with E-state index in [0.717, 1.165) is 12.1 Å². The molecule has 10 heteroatoms. The highest BCUT2D eigenvalue weighted by Gasteiger charge is 2.19. The van der Waals surface area contributed by atoms with E-state index in [4.69, 9.17) is 11.6 Å². The molecule has 31 heavy (non-hydrogen) atoms. The average molecular weight is 443 g/mol. The number of benzene rings is 1. The Morgan fingerprint density at radius 1 is 1.13 bits per heavy atom. The largest absolute Gasteiger partial charge is 0.341 e. The second-order valence-electron chi connectivity index (χ2n) is 6.59. The predicted octanol–water partition coefficient (Wildman–Crippen LogP) is 3.32. The van der Waals surface area contributed by atoms with Crippen LogP contribution < -0.4 is 16.3 Å². The molecule has 0 radical (unpaired) electrons. The zero-order chi connectivity index (χ0) is 22.1. The van der Waals surface area contributed by atoms with Crippen molar-refractivity contribution in [3.8, 4) is 0 Å². The smallest absolute Gasteiger partial charge is 0.261 e. The van der Waals surface area contributed by atoms with Crippen molar-refractivity contribution in [2.45, 2.75) is 6.54 Å². The van der Waals surface area contributed by atoms with Gasteiger partial charge in [0.1, 0.15) is 22.7 Å². The zero-order valence-corrected chi connectivity index (χ0v) is 16.4. The Labute approximate surface area is 177 Å². The maximum atomic E-state index is 14.2. The summed E-state index contributed by atoms with van der Waals surface area (Å²) in [5.41, 5.74) is -1.68. The molecule has 156 valence electrons. The SMILES string of the molecule is O=C(Nc1ccncc1Cl)c1cn(Cc2c(F)cccc2F)c2ccc(=O)[nH]c2c1=O. The average Bonchev–Trinajstić information content (AvgIpc) is 2.74. The minimum atomic E-state index is -0.813. The van der Waals surface area contributed by atoms with E-state index in [1.54, 1.807) is 0 Å². The molecule has 0 unspecified atom stereocenters. The summed E-state index contributed by atoms with van der Waals surface area (Å²) in [6.07, 6.45) is 3.90. The molecule has 0 saturated heterocycles. The molecule has 0 aliphatic carbocycles. The number of pyridine rings is 3. The molecule has 0 atom stereocenters. The van der Waals surface area contributed by atoms with E-state index in [0.29, 0.717) is 0 Å². The van der Waals surface area contributed by atoms with Gasteiger partial charge in [-0.3, -0.25) is 19.4 Å². The lowest BCUT2D eigenvalue weighted by molar-refractivity contribution is 0.102. The van der Waals surface area contributed by atoms with Crippen LogP contribution in [-0.2, 0) is 6.54 Å². The number of aromatic amines is 1. The molecule has 4 rings (SSSR count). The first-order chi connectivity index (χ1) is 14.8. The fourth-order valence-electron chi connectivity index (χ4n) is 3.11. The fourth-order valence-corrected chi connectivity index (χ4v) is 3.28. The number of hydrogen-bond donors (Lipinski definition) is 2. The Kier molecular flexibility index (Phi) is 5.35. The van der Waals surface area contributed by atoms with Gasteiger partial charge >= 0.3 is 0 Å². The number of carbonyl (C=O) groups is 1. The van der Waals surface area contributed by atoms with Crippen LogP contribution in [0.3, 0.4) is 0 Å². The van der Waals surface area contributed by atoms with Gasteiger partial charge in [-0.1, -0.05) is 17.7 Å². The number of carbonyl (C=O) groups excluding carboxylic acids is 1. The van der Waals surface area contributed by atoms with Gasteiger partial charge < -0.3 is 14.9 Å². The van der Waals surface area contributed by atoms with Gasteiger partial charge in [0.15, 0.2) is 0 Å². The number of rotatable bonds is 4. The second-order valence-corrected chi connectivity index (χ2v) is 7.00. The number of anilines is 1. The van der Waals surface area contributed by atoms with Crippen LogP contribution >= 0.6 is 11.6 Å². The Bertz CT molecular complexity index is 1430. The number of halogens is 3. The third kappa shape index (κ3) is 3.95. The molecule has 0 saturated carbocycles. The van der Waals surface area contributed by atoms with Crippen molar-refractivity contribution in [2.75, 3.05) is 5.32 Å². The molecule has 7 nitrogen and oxygen atoms in total. The fraction of sp³-hybridized carbons (Fsp3) is 0.0476. The number of fused-ring (bicyclic) bond motifs is 1. The number of nitrogens with one attached hydrogen (secondary N) is 2. The Morgan fingerprint density at radius 3 is 2.58 bits per heavy atom. The van der Waals surface area contributed by atoms with Crippen molar-refractivity contribution in [1.82, 2.24) is 14.5 Å². The Balaban J connectivity index is 1.87. The number of amides is 1. The van der Waals surface area contributed by atoms with E-state index in [9.17, 15) is 23.2 Å². The van der Waals surface area contributed by atoms with Crippen LogP contribution in [0.5, 0.6) is 0 Å². The summed E-state index contributed by atoms with van der Waals surface area (Å²) in [6.45, 7) is -0.322. The second kappa shape index (κ2) is 8.11. The summed E-state index contributed by atoms with van der Waals surface area (Å²) in [5, 5.41) is 2.65. The lowest BCUT2D eigenvalue weighted by Gasteiger charge is -2.14. The standard InChI is InChI=1S/C21H13ClF2N4O3/c22-13-8-25-7-6-16(13)26-21(31)12-10-28(9-11-14(23)2-1-3-15(11)24)17-4-5-18(29)27-19(17)20(12)30/h1-8,10H,9H2,(H,27,29)(H,25,26,31). The van der Waals surface area contributed by atoms with Crippen molar-refractivity contribution in [1.29, 1.82) is 0 Å².